The van der Waals surface area contributed by atoms with Gasteiger partial charge < -0.3 is 4.98 Å². The largest absolute Gasteiger partial charge is 0.364 e. The molecule has 1 heterocycles. The van der Waals surface area contributed by atoms with Crippen molar-refractivity contribution in [2.45, 2.75) is 19.5 Å². The summed E-state index contributed by atoms with van der Waals surface area (Å²) in [5.41, 5.74) is 1.14. The fourth-order valence-corrected chi connectivity index (χ4v) is 0.970. The highest BCUT2D eigenvalue weighted by atomic mass is 15.1. The minimum atomic E-state index is -0.0340. The molecule has 1 rings (SSSR count). The van der Waals surface area contributed by atoms with E-state index in [0.717, 1.165) is 12.2 Å². The molecule has 1 aromatic heterocycles. The van der Waals surface area contributed by atoms with Crippen molar-refractivity contribution >= 4 is 0 Å². The summed E-state index contributed by atoms with van der Waals surface area (Å²) in [6.07, 6.45) is 1.89. The zero-order valence-corrected chi connectivity index (χ0v) is 7.41. The summed E-state index contributed by atoms with van der Waals surface area (Å²) >= 11 is 0. The summed E-state index contributed by atoms with van der Waals surface area (Å²) < 4.78 is 0. The first-order valence-electron chi connectivity index (χ1n) is 3.96. The Labute approximate surface area is 72.6 Å². The number of aromatic nitrogens is 1. The van der Waals surface area contributed by atoms with E-state index in [-0.39, 0.29) is 6.04 Å². The van der Waals surface area contributed by atoms with Gasteiger partial charge in [0.2, 0.25) is 0 Å². The number of hydrogen-bond acceptors (Lipinski definition) is 2. The van der Waals surface area contributed by atoms with Gasteiger partial charge in [-0.2, -0.15) is 5.26 Å². The summed E-state index contributed by atoms with van der Waals surface area (Å²) in [4.78, 5) is 5.09. The van der Waals surface area contributed by atoms with Gasteiger partial charge in [0.25, 0.3) is 0 Å². The summed E-state index contributed by atoms with van der Waals surface area (Å²) in [7, 11) is 1.94. The quantitative estimate of drug-likeness (QED) is 0.731. The fourth-order valence-electron chi connectivity index (χ4n) is 0.970. The Balaban J connectivity index is 2.48. The molecule has 64 valence electrons. The van der Waals surface area contributed by atoms with Gasteiger partial charge in [0, 0.05) is 18.4 Å². The highest BCUT2D eigenvalue weighted by Gasteiger charge is 2.07. The molecule has 0 amide bonds. The Kier molecular flexibility index (Phi) is 2.89. The van der Waals surface area contributed by atoms with Crippen LogP contribution in [0.5, 0.6) is 0 Å². The number of nitrogens with one attached hydrogen (secondary N) is 1. The molecule has 0 radical (unpaired) electrons. The average molecular weight is 163 g/mol. The number of rotatable bonds is 3. The van der Waals surface area contributed by atoms with Gasteiger partial charge in [0.1, 0.15) is 0 Å². The fraction of sp³-hybridized carbons (Fsp3) is 0.444. The van der Waals surface area contributed by atoms with E-state index in [1.165, 1.54) is 0 Å². The van der Waals surface area contributed by atoms with Crippen molar-refractivity contribution in [2.24, 2.45) is 0 Å². The zero-order chi connectivity index (χ0) is 8.97. The minimum absolute atomic E-state index is 0.0340. The lowest BCUT2D eigenvalue weighted by atomic mass is 10.3. The Morgan fingerprint density at radius 2 is 2.50 bits per heavy atom. The molecular weight excluding hydrogens is 150 g/mol. The van der Waals surface area contributed by atoms with Crippen LogP contribution in [-0.2, 0) is 6.54 Å². The highest BCUT2D eigenvalue weighted by molar-refractivity contribution is 5.04. The third-order valence-electron chi connectivity index (χ3n) is 1.93. The molecule has 0 bridgehead atoms. The molecule has 0 aliphatic rings. The molecule has 1 aromatic rings. The van der Waals surface area contributed by atoms with E-state index in [2.05, 4.69) is 11.1 Å². The molecule has 0 aliphatic heterocycles. The summed E-state index contributed by atoms with van der Waals surface area (Å²) in [5, 5.41) is 8.63. The second kappa shape index (κ2) is 3.93. The van der Waals surface area contributed by atoms with Crippen LogP contribution in [0, 0.1) is 11.3 Å². The summed E-state index contributed by atoms with van der Waals surface area (Å²) in [6, 6.07) is 6.13. The van der Waals surface area contributed by atoms with E-state index in [1.807, 2.05) is 37.2 Å². The standard InChI is InChI=1S/C9H13N3/c1-8(6-10)12(2)7-9-4-3-5-11-9/h3-5,8,11H,7H2,1-2H3. The number of aromatic amines is 1. The van der Waals surface area contributed by atoms with E-state index >= 15 is 0 Å². The second-order valence-corrected chi connectivity index (χ2v) is 2.92. The van der Waals surface area contributed by atoms with Crippen molar-refractivity contribution in [1.29, 1.82) is 5.26 Å². The highest BCUT2D eigenvalue weighted by Crippen LogP contribution is 2.02. The first-order valence-corrected chi connectivity index (χ1v) is 3.96. The Morgan fingerprint density at radius 1 is 1.75 bits per heavy atom. The molecule has 1 N–H and O–H groups in total. The maximum atomic E-state index is 8.63. The summed E-state index contributed by atoms with van der Waals surface area (Å²) in [6.45, 7) is 2.69. The van der Waals surface area contributed by atoms with Crippen LogP contribution in [-0.4, -0.2) is 23.0 Å². The van der Waals surface area contributed by atoms with Gasteiger partial charge in [-0.1, -0.05) is 0 Å². The lowest BCUT2D eigenvalue weighted by molar-refractivity contribution is 0.291. The van der Waals surface area contributed by atoms with Gasteiger partial charge in [0.15, 0.2) is 0 Å². The minimum Gasteiger partial charge on any atom is -0.364 e. The van der Waals surface area contributed by atoms with E-state index in [1.54, 1.807) is 0 Å². The van der Waals surface area contributed by atoms with Crippen LogP contribution >= 0.6 is 0 Å². The van der Waals surface area contributed by atoms with Crippen molar-refractivity contribution in [1.82, 2.24) is 9.88 Å². The van der Waals surface area contributed by atoms with Crippen molar-refractivity contribution in [3.63, 3.8) is 0 Å². The smallest absolute Gasteiger partial charge is 0.0950 e. The van der Waals surface area contributed by atoms with Crippen LogP contribution in [0.4, 0.5) is 0 Å². The molecule has 3 nitrogen and oxygen atoms in total. The van der Waals surface area contributed by atoms with Gasteiger partial charge in [0.05, 0.1) is 12.1 Å². The van der Waals surface area contributed by atoms with Gasteiger partial charge >= 0.3 is 0 Å². The monoisotopic (exact) mass is 163 g/mol. The topological polar surface area (TPSA) is 42.8 Å². The van der Waals surface area contributed by atoms with E-state index < -0.39 is 0 Å². The first kappa shape index (κ1) is 8.82. The third kappa shape index (κ3) is 2.11. The molecule has 0 spiro atoms. The average Bonchev–Trinajstić information content (AvgIpc) is 2.55. The number of nitrogens with zero attached hydrogens (tertiary/aromatic N) is 2. The van der Waals surface area contributed by atoms with Gasteiger partial charge in [-0.05, 0) is 26.1 Å². The Bertz CT molecular complexity index is 258. The van der Waals surface area contributed by atoms with E-state index in [4.69, 9.17) is 5.26 Å². The van der Waals surface area contributed by atoms with Crippen LogP contribution in [0.3, 0.4) is 0 Å². The molecule has 0 saturated heterocycles. The van der Waals surface area contributed by atoms with Crippen LogP contribution in [0.1, 0.15) is 12.6 Å². The van der Waals surface area contributed by atoms with Crippen molar-refractivity contribution in [3.05, 3.63) is 24.0 Å². The molecule has 3 heteroatoms. The molecule has 0 fully saturated rings. The maximum Gasteiger partial charge on any atom is 0.0950 e. The third-order valence-corrected chi connectivity index (χ3v) is 1.93. The molecule has 12 heavy (non-hydrogen) atoms. The Morgan fingerprint density at radius 3 is 3.00 bits per heavy atom. The normalized spacial score (nSPS) is 12.8. The molecular formula is C9H13N3. The van der Waals surface area contributed by atoms with Crippen molar-refractivity contribution in [3.8, 4) is 6.07 Å². The molecule has 1 atom stereocenters. The summed E-state index contributed by atoms with van der Waals surface area (Å²) in [5.74, 6) is 0. The van der Waals surface area contributed by atoms with Crippen LogP contribution in [0.2, 0.25) is 0 Å². The van der Waals surface area contributed by atoms with Gasteiger partial charge in [-0.15, -0.1) is 0 Å². The van der Waals surface area contributed by atoms with Gasteiger partial charge in [-0.3, -0.25) is 4.90 Å². The Hall–Kier alpha value is -1.27. The lowest BCUT2D eigenvalue weighted by Gasteiger charge is -2.17. The molecule has 1 unspecified atom stereocenters. The van der Waals surface area contributed by atoms with Crippen LogP contribution < -0.4 is 0 Å². The predicted molar refractivity (Wildman–Crippen MR) is 47.3 cm³/mol. The van der Waals surface area contributed by atoms with E-state index in [0.29, 0.717) is 0 Å². The maximum absolute atomic E-state index is 8.63. The second-order valence-electron chi connectivity index (χ2n) is 2.92. The molecule has 0 aromatic carbocycles. The van der Waals surface area contributed by atoms with E-state index in [9.17, 15) is 0 Å². The van der Waals surface area contributed by atoms with Crippen LogP contribution in [0.15, 0.2) is 18.3 Å². The lowest BCUT2D eigenvalue weighted by Crippen LogP contribution is -2.27. The number of H-pyrrole nitrogens is 1. The molecule has 0 saturated carbocycles. The molecule has 0 aliphatic carbocycles. The predicted octanol–water partition coefficient (Wildman–Crippen LogP) is 1.36. The number of hydrogen-bond donors (Lipinski definition) is 1. The zero-order valence-electron chi connectivity index (χ0n) is 7.41. The first-order chi connectivity index (χ1) is 5.74. The van der Waals surface area contributed by atoms with Gasteiger partial charge in [-0.25, -0.2) is 0 Å². The van der Waals surface area contributed by atoms with Crippen molar-refractivity contribution < 1.29 is 0 Å². The van der Waals surface area contributed by atoms with Crippen LogP contribution in [0.25, 0.3) is 0 Å². The number of nitriles is 1. The van der Waals surface area contributed by atoms with Crippen molar-refractivity contribution in [2.75, 3.05) is 7.05 Å². The SMILES string of the molecule is CC(C#N)N(C)Cc1ccc[nH]1.